The summed E-state index contributed by atoms with van der Waals surface area (Å²) in [6.07, 6.45) is -1.26. The Morgan fingerprint density at radius 2 is 2.00 bits per heavy atom. The lowest BCUT2D eigenvalue weighted by Crippen LogP contribution is -2.38. The zero-order valence-corrected chi connectivity index (χ0v) is 13.9. The summed E-state index contributed by atoms with van der Waals surface area (Å²) in [6.45, 7) is 8.05. The van der Waals surface area contributed by atoms with E-state index in [4.69, 9.17) is 4.74 Å². The summed E-state index contributed by atoms with van der Waals surface area (Å²) in [5.74, 6) is 0.764. The molecule has 0 radical (unpaired) electrons. The van der Waals surface area contributed by atoms with Crippen molar-refractivity contribution in [1.29, 1.82) is 0 Å². The molecule has 0 spiro atoms. The van der Waals surface area contributed by atoms with Gasteiger partial charge in [-0.2, -0.15) is 0 Å². The Kier molecular flexibility index (Phi) is 6.49. The van der Waals surface area contributed by atoms with Crippen LogP contribution in [0.2, 0.25) is 0 Å². The summed E-state index contributed by atoms with van der Waals surface area (Å²) >= 11 is 3.35. The summed E-state index contributed by atoms with van der Waals surface area (Å²) in [4.78, 5) is 11.9. The van der Waals surface area contributed by atoms with Gasteiger partial charge >= 0.3 is 0 Å². The van der Waals surface area contributed by atoms with Crippen LogP contribution in [0, 0.1) is 5.92 Å². The topological polar surface area (TPSA) is 58.6 Å². The average molecular weight is 344 g/mol. The Morgan fingerprint density at radius 1 is 1.35 bits per heavy atom. The van der Waals surface area contributed by atoms with Crippen LogP contribution in [0.4, 0.5) is 0 Å². The Morgan fingerprint density at radius 3 is 2.55 bits per heavy atom. The highest BCUT2D eigenvalue weighted by Gasteiger charge is 2.18. The van der Waals surface area contributed by atoms with E-state index in [-0.39, 0.29) is 5.91 Å². The van der Waals surface area contributed by atoms with Crippen molar-refractivity contribution < 1.29 is 14.6 Å². The lowest BCUT2D eigenvalue weighted by Gasteiger charge is -2.19. The maximum Gasteiger partial charge on any atom is 0.260 e. The molecule has 0 aromatic heterocycles. The third-order valence-electron chi connectivity index (χ3n) is 2.78. The van der Waals surface area contributed by atoms with Crippen molar-refractivity contribution in [3.63, 3.8) is 0 Å². The highest BCUT2D eigenvalue weighted by atomic mass is 79.9. The van der Waals surface area contributed by atoms with Crippen molar-refractivity contribution in [2.45, 2.75) is 39.9 Å². The summed E-state index contributed by atoms with van der Waals surface area (Å²) in [7, 11) is 0. The number of carbonyl (C=O) groups excluding carboxylic acids is 1. The van der Waals surface area contributed by atoms with E-state index < -0.39 is 12.2 Å². The fourth-order valence-electron chi connectivity index (χ4n) is 1.65. The van der Waals surface area contributed by atoms with Gasteiger partial charge in [-0.25, -0.2) is 0 Å². The second-order valence-corrected chi connectivity index (χ2v) is 6.17. The molecule has 0 aliphatic rings. The van der Waals surface area contributed by atoms with Crippen LogP contribution in [-0.2, 0) is 4.79 Å². The Hall–Kier alpha value is -1.07. The van der Waals surface area contributed by atoms with Crippen molar-refractivity contribution in [2.75, 3.05) is 6.54 Å². The van der Waals surface area contributed by atoms with Gasteiger partial charge in [0, 0.05) is 16.6 Å². The molecule has 0 saturated heterocycles. The first-order chi connectivity index (χ1) is 9.31. The van der Waals surface area contributed by atoms with E-state index in [1.807, 2.05) is 19.9 Å². The number of nitrogens with one attached hydrogen (secondary N) is 1. The molecule has 5 heteroatoms. The molecule has 0 fully saturated rings. The van der Waals surface area contributed by atoms with Crippen LogP contribution in [0.5, 0.6) is 5.75 Å². The van der Waals surface area contributed by atoms with E-state index in [0.717, 1.165) is 4.47 Å². The van der Waals surface area contributed by atoms with Gasteiger partial charge in [-0.3, -0.25) is 4.79 Å². The molecule has 1 rings (SSSR count). The first-order valence-corrected chi connectivity index (χ1v) is 7.52. The number of hydrogen-bond acceptors (Lipinski definition) is 3. The van der Waals surface area contributed by atoms with E-state index in [2.05, 4.69) is 21.2 Å². The normalized spacial score (nSPS) is 13.9. The van der Waals surface area contributed by atoms with Crippen molar-refractivity contribution in [2.24, 2.45) is 5.92 Å². The van der Waals surface area contributed by atoms with Gasteiger partial charge in [-0.1, -0.05) is 29.8 Å². The monoisotopic (exact) mass is 343 g/mol. The van der Waals surface area contributed by atoms with Gasteiger partial charge in [0.2, 0.25) is 0 Å². The SMILES string of the molecule is CC(C)CNC(=O)C(C)Oc1ccc(Br)cc1C(C)O. The molecular formula is C15H22BrNO3. The molecule has 0 aliphatic heterocycles. The quantitative estimate of drug-likeness (QED) is 0.834. The smallest absolute Gasteiger partial charge is 0.260 e. The third-order valence-corrected chi connectivity index (χ3v) is 3.27. The molecule has 2 N–H and O–H groups in total. The third kappa shape index (κ3) is 5.13. The van der Waals surface area contributed by atoms with E-state index in [9.17, 15) is 9.90 Å². The van der Waals surface area contributed by atoms with Gasteiger partial charge < -0.3 is 15.2 Å². The summed E-state index contributed by atoms with van der Waals surface area (Å²) in [5.41, 5.74) is 0.655. The van der Waals surface area contributed by atoms with Gasteiger partial charge in [0.1, 0.15) is 5.75 Å². The first-order valence-electron chi connectivity index (χ1n) is 6.73. The van der Waals surface area contributed by atoms with Crippen molar-refractivity contribution >= 4 is 21.8 Å². The highest BCUT2D eigenvalue weighted by molar-refractivity contribution is 9.10. The molecule has 0 heterocycles. The minimum absolute atomic E-state index is 0.154. The summed E-state index contributed by atoms with van der Waals surface area (Å²) in [5, 5.41) is 12.6. The minimum atomic E-state index is -0.659. The largest absolute Gasteiger partial charge is 0.481 e. The van der Waals surface area contributed by atoms with Crippen molar-refractivity contribution in [3.05, 3.63) is 28.2 Å². The molecule has 0 saturated carbocycles. The maximum absolute atomic E-state index is 11.9. The number of hydrogen-bond donors (Lipinski definition) is 2. The van der Waals surface area contributed by atoms with Crippen LogP contribution in [0.25, 0.3) is 0 Å². The molecule has 4 nitrogen and oxygen atoms in total. The highest BCUT2D eigenvalue weighted by Crippen LogP contribution is 2.29. The van der Waals surface area contributed by atoms with E-state index in [1.54, 1.807) is 26.0 Å². The second-order valence-electron chi connectivity index (χ2n) is 5.26. The van der Waals surface area contributed by atoms with Crippen LogP contribution >= 0.6 is 15.9 Å². The van der Waals surface area contributed by atoms with Crippen LogP contribution < -0.4 is 10.1 Å². The maximum atomic E-state index is 11.9. The standard InChI is InChI=1S/C15H22BrNO3/c1-9(2)8-17-15(19)11(4)20-14-6-5-12(16)7-13(14)10(3)18/h5-7,9-11,18H,8H2,1-4H3,(H,17,19). The fourth-order valence-corrected chi connectivity index (χ4v) is 2.02. The molecule has 1 aromatic rings. The lowest BCUT2D eigenvalue weighted by atomic mass is 10.1. The van der Waals surface area contributed by atoms with Gasteiger partial charge in [0.25, 0.3) is 5.91 Å². The van der Waals surface area contributed by atoms with Crippen LogP contribution in [-0.4, -0.2) is 23.7 Å². The number of ether oxygens (including phenoxy) is 1. The fraction of sp³-hybridized carbons (Fsp3) is 0.533. The molecule has 20 heavy (non-hydrogen) atoms. The number of aliphatic hydroxyl groups is 1. The molecule has 1 aromatic carbocycles. The van der Waals surface area contributed by atoms with Gasteiger partial charge in [0.15, 0.2) is 6.10 Å². The number of halogens is 1. The molecule has 0 bridgehead atoms. The lowest BCUT2D eigenvalue weighted by molar-refractivity contribution is -0.127. The minimum Gasteiger partial charge on any atom is -0.481 e. The molecule has 2 unspecified atom stereocenters. The Labute approximate surface area is 128 Å². The van der Waals surface area contributed by atoms with Gasteiger partial charge in [-0.15, -0.1) is 0 Å². The molecule has 1 amide bonds. The number of benzene rings is 1. The number of carbonyl (C=O) groups is 1. The molecule has 0 aliphatic carbocycles. The number of rotatable bonds is 6. The molecule has 2 atom stereocenters. The van der Waals surface area contributed by atoms with Crippen molar-refractivity contribution in [1.82, 2.24) is 5.32 Å². The van der Waals surface area contributed by atoms with Crippen molar-refractivity contribution in [3.8, 4) is 5.75 Å². The zero-order chi connectivity index (χ0) is 15.3. The zero-order valence-electron chi connectivity index (χ0n) is 12.3. The molecule has 112 valence electrons. The number of aliphatic hydroxyl groups excluding tert-OH is 1. The summed E-state index contributed by atoms with van der Waals surface area (Å²) in [6, 6.07) is 5.36. The Balaban J connectivity index is 2.75. The van der Waals surface area contributed by atoms with Gasteiger partial charge in [0.05, 0.1) is 6.10 Å². The molecular weight excluding hydrogens is 322 g/mol. The predicted molar refractivity (Wildman–Crippen MR) is 82.7 cm³/mol. The van der Waals surface area contributed by atoms with E-state index in [0.29, 0.717) is 23.8 Å². The Bertz CT molecular complexity index is 460. The second kappa shape index (κ2) is 7.64. The predicted octanol–water partition coefficient (Wildman–Crippen LogP) is 3.04. The van der Waals surface area contributed by atoms with E-state index >= 15 is 0 Å². The van der Waals surface area contributed by atoms with Gasteiger partial charge in [-0.05, 0) is 38.0 Å². The number of amides is 1. The van der Waals surface area contributed by atoms with Crippen LogP contribution in [0.3, 0.4) is 0 Å². The first kappa shape index (κ1) is 17.0. The summed E-state index contributed by atoms with van der Waals surface area (Å²) < 4.78 is 6.52. The van der Waals surface area contributed by atoms with Crippen LogP contribution in [0.1, 0.15) is 39.4 Å². The van der Waals surface area contributed by atoms with E-state index in [1.165, 1.54) is 0 Å². The van der Waals surface area contributed by atoms with Crippen LogP contribution in [0.15, 0.2) is 22.7 Å². The average Bonchev–Trinajstić information content (AvgIpc) is 2.37.